The largest absolute Gasteiger partial charge is 0.491 e. The van der Waals surface area contributed by atoms with Crippen LogP contribution in [-0.4, -0.2) is 106 Å². The normalized spacial score (nSPS) is 20.1. The number of carbonyl (C=O) groups excluding carboxylic acids is 2. The number of nitrogens with zero attached hydrogens (tertiary/aromatic N) is 1. The number of hydrogen-bond acceptors (Lipinski definition) is 9. The van der Waals surface area contributed by atoms with Crippen LogP contribution >= 0.6 is 0 Å². The van der Waals surface area contributed by atoms with Gasteiger partial charge in [0.05, 0.1) is 25.4 Å². The SMILES string of the molecule is CC1(C)CO[C@H](COC(=O)CCc2ccc(OC[C@H](O)CNCCNC(=O)N3CCOCC3)cc2)O1. The summed E-state index contributed by atoms with van der Waals surface area (Å²) in [4.78, 5) is 25.7. The van der Waals surface area contributed by atoms with Crippen molar-refractivity contribution in [2.45, 2.75) is 44.7 Å². The van der Waals surface area contributed by atoms with Crippen molar-refractivity contribution in [1.82, 2.24) is 15.5 Å². The van der Waals surface area contributed by atoms with Gasteiger partial charge in [0.15, 0.2) is 6.29 Å². The van der Waals surface area contributed by atoms with E-state index in [4.69, 9.17) is 23.7 Å². The van der Waals surface area contributed by atoms with Crippen molar-refractivity contribution in [1.29, 1.82) is 0 Å². The van der Waals surface area contributed by atoms with E-state index >= 15 is 0 Å². The Morgan fingerprint density at radius 1 is 1.19 bits per heavy atom. The third-order valence-corrected chi connectivity index (χ3v) is 5.69. The number of aryl methyl sites for hydroxylation is 1. The number of nitrogens with one attached hydrogen (secondary N) is 2. The maximum Gasteiger partial charge on any atom is 0.317 e. The number of morpholine rings is 1. The van der Waals surface area contributed by atoms with Crippen molar-refractivity contribution in [3.8, 4) is 5.75 Å². The highest BCUT2D eigenvalue weighted by Crippen LogP contribution is 2.22. The minimum Gasteiger partial charge on any atom is -0.491 e. The maximum absolute atomic E-state index is 12.0. The lowest BCUT2D eigenvalue weighted by Gasteiger charge is -2.27. The minimum atomic E-state index is -0.687. The van der Waals surface area contributed by atoms with Gasteiger partial charge in [0.1, 0.15) is 25.1 Å². The van der Waals surface area contributed by atoms with Crippen molar-refractivity contribution in [2.75, 3.05) is 65.8 Å². The Hall–Kier alpha value is -2.44. The van der Waals surface area contributed by atoms with E-state index < -0.39 is 12.4 Å². The molecule has 2 atom stereocenters. The zero-order valence-corrected chi connectivity index (χ0v) is 21.2. The molecule has 0 unspecified atom stereocenters. The molecule has 2 amide bonds. The fraction of sp³-hybridized carbons (Fsp3) is 0.680. The lowest BCUT2D eigenvalue weighted by atomic mass is 10.1. The summed E-state index contributed by atoms with van der Waals surface area (Å²) in [5.41, 5.74) is 0.630. The summed E-state index contributed by atoms with van der Waals surface area (Å²) in [5.74, 6) is 0.333. The van der Waals surface area contributed by atoms with Crippen LogP contribution in [0.1, 0.15) is 25.8 Å². The van der Waals surface area contributed by atoms with Crippen molar-refractivity contribution in [3.63, 3.8) is 0 Å². The third kappa shape index (κ3) is 10.3. The van der Waals surface area contributed by atoms with Crippen LogP contribution in [0.15, 0.2) is 24.3 Å². The van der Waals surface area contributed by atoms with Crippen molar-refractivity contribution in [3.05, 3.63) is 29.8 Å². The Morgan fingerprint density at radius 3 is 2.64 bits per heavy atom. The number of hydrogen-bond donors (Lipinski definition) is 3. The first-order chi connectivity index (χ1) is 17.3. The Kier molecular flexibility index (Phi) is 11.2. The Labute approximate surface area is 212 Å². The summed E-state index contributed by atoms with van der Waals surface area (Å²) in [6.07, 6.45) is -0.390. The summed E-state index contributed by atoms with van der Waals surface area (Å²) in [6.45, 7) is 8.28. The standard InChI is InChI=1S/C25H39N3O8/c1-25(2)18-35-23(36-25)17-34-22(30)8-5-19-3-6-21(7-4-19)33-16-20(29)15-26-9-10-27-24(31)28-11-13-32-14-12-28/h3-4,6-7,20,23,26,29H,5,8-18H2,1-2H3,(H,27,31)/t20-,23+/m1/s1. The minimum absolute atomic E-state index is 0.0926. The zero-order valence-electron chi connectivity index (χ0n) is 21.2. The predicted molar refractivity (Wildman–Crippen MR) is 131 cm³/mol. The van der Waals surface area contributed by atoms with Crippen molar-refractivity contribution >= 4 is 12.0 Å². The van der Waals surface area contributed by atoms with E-state index in [0.717, 1.165) is 5.56 Å². The molecule has 0 radical (unpaired) electrons. The molecule has 2 heterocycles. The first-order valence-electron chi connectivity index (χ1n) is 12.5. The first-order valence-corrected chi connectivity index (χ1v) is 12.5. The first kappa shape index (κ1) is 28.1. The molecule has 1 aromatic carbocycles. The molecule has 3 rings (SSSR count). The van der Waals surface area contributed by atoms with Gasteiger partial charge in [-0.3, -0.25) is 4.79 Å². The van der Waals surface area contributed by atoms with E-state index in [0.29, 0.717) is 64.7 Å². The molecular formula is C25H39N3O8. The average molecular weight is 510 g/mol. The van der Waals surface area contributed by atoms with E-state index in [1.807, 2.05) is 38.1 Å². The molecule has 2 aliphatic rings. The number of esters is 1. The van der Waals surface area contributed by atoms with Crippen LogP contribution in [0.3, 0.4) is 0 Å². The molecule has 11 nitrogen and oxygen atoms in total. The predicted octanol–water partition coefficient (Wildman–Crippen LogP) is 0.685. The lowest BCUT2D eigenvalue weighted by Crippen LogP contribution is -2.47. The highest BCUT2D eigenvalue weighted by atomic mass is 16.7. The van der Waals surface area contributed by atoms with Crippen LogP contribution < -0.4 is 15.4 Å². The second-order valence-corrected chi connectivity index (χ2v) is 9.45. The summed E-state index contributed by atoms with van der Waals surface area (Å²) in [7, 11) is 0. The summed E-state index contributed by atoms with van der Waals surface area (Å²) >= 11 is 0. The zero-order chi connectivity index (χ0) is 25.8. The fourth-order valence-electron chi connectivity index (χ4n) is 3.69. The molecule has 2 saturated heterocycles. The van der Waals surface area contributed by atoms with Gasteiger partial charge in [-0.05, 0) is 38.0 Å². The summed E-state index contributed by atoms with van der Waals surface area (Å²) in [6, 6.07) is 7.29. The molecule has 36 heavy (non-hydrogen) atoms. The van der Waals surface area contributed by atoms with E-state index in [2.05, 4.69) is 10.6 Å². The van der Waals surface area contributed by atoms with Crippen LogP contribution in [0.25, 0.3) is 0 Å². The smallest absolute Gasteiger partial charge is 0.317 e. The van der Waals surface area contributed by atoms with Crippen LogP contribution in [0.4, 0.5) is 4.79 Å². The Balaban J connectivity index is 1.21. The number of aliphatic hydroxyl groups excluding tert-OH is 1. The van der Waals surface area contributed by atoms with Crippen LogP contribution in [0, 0.1) is 0 Å². The second kappa shape index (κ2) is 14.3. The topological polar surface area (TPSA) is 128 Å². The van der Waals surface area contributed by atoms with Gasteiger partial charge in [0.25, 0.3) is 0 Å². The van der Waals surface area contributed by atoms with Crippen LogP contribution in [-0.2, 0) is 30.2 Å². The van der Waals surface area contributed by atoms with Gasteiger partial charge in [-0.1, -0.05) is 12.1 Å². The lowest BCUT2D eigenvalue weighted by molar-refractivity contribution is -0.160. The molecule has 0 spiro atoms. The molecule has 2 aliphatic heterocycles. The molecule has 0 bridgehead atoms. The molecule has 0 saturated carbocycles. The van der Waals surface area contributed by atoms with E-state index in [9.17, 15) is 14.7 Å². The van der Waals surface area contributed by atoms with Crippen molar-refractivity contribution < 1.29 is 38.4 Å². The summed E-state index contributed by atoms with van der Waals surface area (Å²) < 4.78 is 27.2. The number of rotatable bonds is 13. The highest BCUT2D eigenvalue weighted by molar-refractivity contribution is 5.74. The second-order valence-electron chi connectivity index (χ2n) is 9.45. The number of urea groups is 1. The number of benzene rings is 1. The Morgan fingerprint density at radius 2 is 1.94 bits per heavy atom. The van der Waals surface area contributed by atoms with Crippen molar-refractivity contribution in [2.24, 2.45) is 0 Å². The van der Waals surface area contributed by atoms with Gasteiger partial charge in [-0.15, -0.1) is 0 Å². The van der Waals surface area contributed by atoms with Gasteiger partial charge in [-0.2, -0.15) is 0 Å². The molecule has 1 aromatic rings. The van der Waals surface area contributed by atoms with Crippen LogP contribution in [0.5, 0.6) is 5.75 Å². The molecule has 3 N–H and O–H groups in total. The maximum atomic E-state index is 12.0. The van der Waals surface area contributed by atoms with E-state index in [-0.39, 0.29) is 37.2 Å². The third-order valence-electron chi connectivity index (χ3n) is 5.69. The number of amides is 2. The molecule has 2 fully saturated rings. The van der Waals surface area contributed by atoms with Crippen LogP contribution in [0.2, 0.25) is 0 Å². The molecular weight excluding hydrogens is 470 g/mol. The number of ether oxygens (including phenoxy) is 5. The van der Waals surface area contributed by atoms with E-state index in [1.54, 1.807) is 4.90 Å². The quantitative estimate of drug-likeness (QED) is 0.260. The average Bonchev–Trinajstić information content (AvgIpc) is 3.24. The van der Waals surface area contributed by atoms with E-state index in [1.165, 1.54) is 0 Å². The molecule has 202 valence electrons. The molecule has 11 heteroatoms. The summed E-state index contributed by atoms with van der Waals surface area (Å²) in [5, 5.41) is 16.1. The van der Waals surface area contributed by atoms with Gasteiger partial charge in [-0.25, -0.2) is 4.79 Å². The van der Waals surface area contributed by atoms with Gasteiger partial charge < -0.3 is 44.3 Å². The highest BCUT2D eigenvalue weighted by Gasteiger charge is 2.33. The molecule has 0 aromatic heterocycles. The van der Waals surface area contributed by atoms with Gasteiger partial charge in [0, 0.05) is 39.1 Å². The Bertz CT molecular complexity index is 814. The number of aliphatic hydroxyl groups is 1. The fourth-order valence-corrected chi connectivity index (χ4v) is 3.69. The van der Waals surface area contributed by atoms with Gasteiger partial charge in [0.2, 0.25) is 0 Å². The monoisotopic (exact) mass is 509 g/mol. The number of carbonyl (C=O) groups is 2. The molecule has 0 aliphatic carbocycles. The van der Waals surface area contributed by atoms with Gasteiger partial charge >= 0.3 is 12.0 Å².